The number of carbonyl (C=O) groups excluding carboxylic acids is 4. The Kier molecular flexibility index (Phi) is 37.7. The number of rotatable bonds is 55. The van der Waals surface area contributed by atoms with E-state index in [0.29, 0.717) is 164 Å². The molecule has 8 N–H and O–H groups in total. The molecule has 0 atom stereocenters. The van der Waals surface area contributed by atoms with Crippen molar-refractivity contribution < 1.29 is 96.4 Å². The number of aliphatic hydroxyl groups excluding tert-OH is 4. The van der Waals surface area contributed by atoms with E-state index in [9.17, 15) is 19.2 Å². The number of nitrogens with zero attached hydrogens (tertiary/aromatic N) is 4. The molecule has 106 heavy (non-hydrogen) atoms. The molecule has 0 aliphatic carbocycles. The Balaban J connectivity index is 1.21. The molecule has 1 aliphatic rings. The van der Waals surface area contributed by atoms with Gasteiger partial charge in [0, 0.05) is 81.8 Å². The fraction of sp³-hybridized carbons (Fsp3) is 0.423. The van der Waals surface area contributed by atoms with Gasteiger partial charge in [0.15, 0.2) is 0 Å². The molecule has 0 saturated carbocycles. The van der Waals surface area contributed by atoms with E-state index in [1.807, 2.05) is 89.5 Å². The lowest BCUT2D eigenvalue weighted by atomic mass is 9.97. The van der Waals surface area contributed by atoms with Crippen LogP contribution in [0.1, 0.15) is 58.1 Å². The van der Waals surface area contributed by atoms with Gasteiger partial charge in [0.25, 0.3) is 29.4 Å². The molecule has 8 rings (SSSR count). The van der Waals surface area contributed by atoms with Crippen molar-refractivity contribution in [2.24, 2.45) is 9.98 Å². The number of aliphatic imine (C=N–C) groups is 2. The minimum Gasteiger partial charge on any atom is -0.394 e. The van der Waals surface area contributed by atoms with Gasteiger partial charge < -0.3 is 98.5 Å². The molecule has 2 heterocycles. The van der Waals surface area contributed by atoms with Crippen molar-refractivity contribution in [3.05, 3.63) is 197 Å². The molecule has 0 fully saturated rings. The molecular weight excluding hydrogens is 1370 g/mol. The van der Waals surface area contributed by atoms with Crippen LogP contribution >= 0.6 is 0 Å². The number of ether oxygens (including phenoxy) is 12. The van der Waals surface area contributed by atoms with Gasteiger partial charge in [0.05, 0.1) is 208 Å². The Morgan fingerprint density at radius 1 is 0.311 bits per heavy atom. The lowest BCUT2D eigenvalue weighted by Gasteiger charge is -2.30. The number of hydrogen-bond donors (Lipinski definition) is 8. The van der Waals surface area contributed by atoms with E-state index in [1.54, 1.807) is 72.8 Å². The van der Waals surface area contributed by atoms with Crippen molar-refractivity contribution in [2.75, 3.05) is 211 Å². The van der Waals surface area contributed by atoms with Crippen LogP contribution < -0.4 is 21.3 Å². The van der Waals surface area contributed by atoms with Gasteiger partial charge in [-0.3, -0.25) is 23.7 Å². The second-order valence-corrected chi connectivity index (χ2v) is 23.3. The number of amides is 4. The zero-order valence-corrected chi connectivity index (χ0v) is 59.7. The summed E-state index contributed by atoms with van der Waals surface area (Å²) in [4.78, 5) is 74.5. The third-order valence-electron chi connectivity index (χ3n) is 15.8. The highest BCUT2D eigenvalue weighted by Crippen LogP contribution is 2.47. The standard InChI is InChI=1S/C78H98N8O20/c87-27-35-99-43-51-103-47-39-95-31-23-79-74(91)64-17-7-13-60(55-64)69-70(61-14-8-18-65(56-61)75(92)80-24-32-96-40-48-104-52-44-100-36-28-88)85-78(84-69,68-21-5-2-6-22-68)86-72(63-16-10-20-67(58-63)77(94)82-26-34-98-42-50-106-54-46-102-38-30-90)71(83-73(86)59-11-3-1-4-12-59)62-15-9-19-66(57-62)76(93)81-25-33-97-41-49-105-53-45-101-37-29-89/h1-22,55-58,87-90H,23-54H2,(H,79,91)(H,80,92)(H,81,93)(H,82,94). The minimum absolute atomic E-state index is 0.0707. The van der Waals surface area contributed by atoms with Crippen LogP contribution in [0.15, 0.2) is 168 Å². The minimum atomic E-state index is -1.85. The molecular formula is C78H98N8O20. The smallest absolute Gasteiger partial charge is 0.261 e. The Hall–Kier alpha value is -8.89. The Labute approximate surface area is 617 Å². The van der Waals surface area contributed by atoms with Gasteiger partial charge in [-0.1, -0.05) is 109 Å². The fourth-order valence-electron chi connectivity index (χ4n) is 10.8. The summed E-state index contributed by atoms with van der Waals surface area (Å²) in [5.41, 5.74) is 5.96. The van der Waals surface area contributed by atoms with Crippen molar-refractivity contribution in [1.82, 2.24) is 30.8 Å². The van der Waals surface area contributed by atoms with Crippen LogP contribution in [0.5, 0.6) is 0 Å². The van der Waals surface area contributed by atoms with Gasteiger partial charge in [0.1, 0.15) is 5.82 Å². The molecule has 28 heteroatoms. The molecule has 7 aromatic rings. The van der Waals surface area contributed by atoms with Crippen LogP contribution in [-0.2, 0) is 62.6 Å². The third-order valence-corrected chi connectivity index (χ3v) is 15.8. The molecule has 570 valence electrons. The van der Waals surface area contributed by atoms with Crippen molar-refractivity contribution in [3.8, 4) is 33.9 Å². The van der Waals surface area contributed by atoms with Crippen LogP contribution in [-0.4, -0.2) is 276 Å². The summed E-state index contributed by atoms with van der Waals surface area (Å²) in [6, 6.07) is 47.2. The predicted molar refractivity (Wildman–Crippen MR) is 396 cm³/mol. The number of hydrogen-bond acceptors (Lipinski definition) is 23. The second-order valence-electron chi connectivity index (χ2n) is 23.3. The zero-order chi connectivity index (χ0) is 74.5. The topological polar surface area (TPSA) is 351 Å². The Morgan fingerprint density at radius 2 is 0.585 bits per heavy atom. The summed E-state index contributed by atoms with van der Waals surface area (Å²) in [7, 11) is 0. The highest BCUT2D eigenvalue weighted by Gasteiger charge is 2.45. The van der Waals surface area contributed by atoms with Crippen molar-refractivity contribution in [3.63, 3.8) is 0 Å². The lowest BCUT2D eigenvalue weighted by Crippen LogP contribution is -2.31. The first-order valence-electron chi connectivity index (χ1n) is 35.5. The molecule has 0 radical (unpaired) electrons. The van der Waals surface area contributed by atoms with Gasteiger partial charge in [-0.15, -0.1) is 0 Å². The molecule has 0 saturated heterocycles. The molecule has 28 nitrogen and oxygen atoms in total. The predicted octanol–water partition coefficient (Wildman–Crippen LogP) is 4.62. The number of nitrogens with one attached hydrogen (secondary N) is 4. The van der Waals surface area contributed by atoms with Gasteiger partial charge in [-0.2, -0.15) is 0 Å². The molecule has 1 aromatic heterocycles. The average molecular weight is 1470 g/mol. The molecule has 6 aromatic carbocycles. The van der Waals surface area contributed by atoms with Crippen LogP contribution in [0.2, 0.25) is 0 Å². The number of carbonyl (C=O) groups is 4. The quantitative estimate of drug-likeness (QED) is 0.0241. The third kappa shape index (κ3) is 26.9. The summed E-state index contributed by atoms with van der Waals surface area (Å²) >= 11 is 0. The fourth-order valence-corrected chi connectivity index (χ4v) is 10.8. The normalized spacial score (nSPS) is 12.5. The van der Waals surface area contributed by atoms with E-state index in [0.717, 1.165) is 0 Å². The van der Waals surface area contributed by atoms with Gasteiger partial charge in [-0.25, -0.2) is 15.0 Å². The van der Waals surface area contributed by atoms with Gasteiger partial charge in [0.2, 0.25) is 0 Å². The van der Waals surface area contributed by atoms with E-state index in [1.165, 1.54) is 0 Å². The lowest BCUT2D eigenvalue weighted by molar-refractivity contribution is 0.00824. The van der Waals surface area contributed by atoms with E-state index in [-0.39, 0.29) is 150 Å². The second kappa shape index (κ2) is 48.3. The van der Waals surface area contributed by atoms with Gasteiger partial charge >= 0.3 is 0 Å². The van der Waals surface area contributed by atoms with E-state index >= 15 is 0 Å². The first kappa shape index (κ1) is 82.8. The number of aliphatic hydroxyl groups is 4. The summed E-state index contributed by atoms with van der Waals surface area (Å²) in [5.74, 6) is -3.01. The maximum atomic E-state index is 14.4. The molecule has 0 bridgehead atoms. The summed E-state index contributed by atoms with van der Waals surface area (Å²) < 4.78 is 68.2. The largest absolute Gasteiger partial charge is 0.394 e. The Bertz CT molecular complexity index is 3710. The number of imidazole rings is 1. The van der Waals surface area contributed by atoms with E-state index in [2.05, 4.69) is 21.3 Å². The summed E-state index contributed by atoms with van der Waals surface area (Å²) in [6.07, 6.45) is 0. The van der Waals surface area contributed by atoms with Crippen molar-refractivity contribution in [1.29, 1.82) is 0 Å². The SMILES string of the molecule is O=C(NCCOCCOCCOCCO)c1cccc(C2=NC(c3ccccc3)(n3c(-c4ccccc4)nc(-c4cccc(C(=O)NCCOCCOCCOCCO)c4)c3-c3cccc(C(=O)NCCOCCOCCOCCO)c3)N=C2c2cccc(C(=O)NCCOCCOCCOCCO)c2)c1. The molecule has 4 amide bonds. The molecule has 0 spiro atoms. The molecule has 0 unspecified atom stereocenters. The zero-order valence-electron chi connectivity index (χ0n) is 59.7. The van der Waals surface area contributed by atoms with E-state index < -0.39 is 11.7 Å². The number of benzene rings is 6. The first-order valence-corrected chi connectivity index (χ1v) is 35.5. The monoisotopic (exact) mass is 1470 g/mol. The molecule has 1 aliphatic heterocycles. The van der Waals surface area contributed by atoms with E-state index in [4.69, 9.17) is 92.2 Å². The highest BCUT2D eigenvalue weighted by molar-refractivity contribution is 6.54. The summed E-state index contributed by atoms with van der Waals surface area (Å²) in [6.45, 7) is 7.23. The average Bonchev–Trinajstić information content (AvgIpc) is 1.55. The number of aromatic nitrogens is 2. The maximum absolute atomic E-state index is 14.4. The Morgan fingerprint density at radius 3 is 0.925 bits per heavy atom. The maximum Gasteiger partial charge on any atom is 0.261 e. The first-order chi connectivity index (χ1) is 52.2. The van der Waals surface area contributed by atoms with Crippen LogP contribution in [0.3, 0.4) is 0 Å². The van der Waals surface area contributed by atoms with Crippen LogP contribution in [0.4, 0.5) is 0 Å². The van der Waals surface area contributed by atoms with Crippen molar-refractivity contribution >= 4 is 35.1 Å². The van der Waals surface area contributed by atoms with Crippen LogP contribution in [0.25, 0.3) is 33.9 Å². The van der Waals surface area contributed by atoms with Crippen molar-refractivity contribution in [2.45, 2.75) is 5.79 Å². The highest BCUT2D eigenvalue weighted by atomic mass is 16.6. The van der Waals surface area contributed by atoms with Crippen LogP contribution in [0, 0.1) is 0 Å². The summed E-state index contributed by atoms with van der Waals surface area (Å²) in [5, 5.41) is 47.8. The van der Waals surface area contributed by atoms with Gasteiger partial charge in [-0.05, 0) is 48.5 Å².